The van der Waals surface area contributed by atoms with E-state index in [0.29, 0.717) is 6.54 Å². The first kappa shape index (κ1) is 14.2. The first-order chi connectivity index (χ1) is 8.18. The zero-order valence-electron chi connectivity index (χ0n) is 11.1. The van der Waals surface area contributed by atoms with Crippen LogP contribution in [0.5, 0.6) is 0 Å². The molecule has 3 heteroatoms. The molecule has 1 rings (SSSR count). The van der Waals surface area contributed by atoms with Gasteiger partial charge >= 0.3 is 5.97 Å². The van der Waals surface area contributed by atoms with Gasteiger partial charge in [0.2, 0.25) is 0 Å². The summed E-state index contributed by atoms with van der Waals surface area (Å²) in [4.78, 5) is 12.0. The van der Waals surface area contributed by atoms with E-state index in [1.54, 1.807) is 6.08 Å². The Morgan fingerprint density at radius 1 is 1.53 bits per heavy atom. The summed E-state index contributed by atoms with van der Waals surface area (Å²) in [5.41, 5.74) is -0.479. The van der Waals surface area contributed by atoms with Crippen LogP contribution in [0.3, 0.4) is 0 Å². The Hall–Kier alpha value is -0.830. The second kappa shape index (κ2) is 6.80. The van der Waals surface area contributed by atoms with Crippen LogP contribution in [0.1, 0.15) is 45.4 Å². The average Bonchev–Trinajstić information content (AvgIpc) is 2.58. The van der Waals surface area contributed by atoms with Gasteiger partial charge in [0.15, 0.2) is 0 Å². The molecule has 1 fully saturated rings. The van der Waals surface area contributed by atoms with Crippen molar-refractivity contribution in [2.75, 3.05) is 13.7 Å². The molecule has 0 spiro atoms. The zero-order valence-corrected chi connectivity index (χ0v) is 11.1. The lowest BCUT2D eigenvalue weighted by atomic mass is 9.89. The van der Waals surface area contributed by atoms with Crippen molar-refractivity contribution in [1.29, 1.82) is 0 Å². The Balaban J connectivity index is 2.75. The van der Waals surface area contributed by atoms with Crippen LogP contribution in [-0.2, 0) is 9.53 Å². The SMILES string of the molecule is C=CCNC1(C(=O)OC)CCCC(CC)CC1. The fraction of sp³-hybridized carbons (Fsp3) is 0.786. The predicted molar refractivity (Wildman–Crippen MR) is 69.8 cm³/mol. The maximum Gasteiger partial charge on any atom is 0.326 e. The molecule has 1 aliphatic carbocycles. The molecule has 0 heterocycles. The van der Waals surface area contributed by atoms with E-state index < -0.39 is 5.54 Å². The van der Waals surface area contributed by atoms with Crippen molar-refractivity contribution >= 4 is 5.97 Å². The van der Waals surface area contributed by atoms with Crippen molar-refractivity contribution in [2.24, 2.45) is 5.92 Å². The lowest BCUT2D eigenvalue weighted by Crippen LogP contribution is -2.52. The largest absolute Gasteiger partial charge is 0.468 e. The second-order valence-electron chi connectivity index (χ2n) is 4.95. The summed E-state index contributed by atoms with van der Waals surface area (Å²) in [6.07, 6.45) is 8.19. The molecule has 0 aromatic carbocycles. The normalized spacial score (nSPS) is 29.4. The zero-order chi connectivity index (χ0) is 12.7. The number of nitrogens with one attached hydrogen (secondary N) is 1. The topological polar surface area (TPSA) is 38.3 Å². The summed E-state index contributed by atoms with van der Waals surface area (Å²) in [5, 5.41) is 3.33. The van der Waals surface area contributed by atoms with Gasteiger partial charge in [0.25, 0.3) is 0 Å². The van der Waals surface area contributed by atoms with Crippen molar-refractivity contribution in [1.82, 2.24) is 5.32 Å². The van der Waals surface area contributed by atoms with E-state index in [0.717, 1.165) is 31.6 Å². The molecule has 0 bridgehead atoms. The van der Waals surface area contributed by atoms with Gasteiger partial charge in [0.1, 0.15) is 5.54 Å². The molecule has 1 saturated carbocycles. The van der Waals surface area contributed by atoms with E-state index in [-0.39, 0.29) is 5.97 Å². The Labute approximate surface area is 105 Å². The van der Waals surface area contributed by atoms with Crippen LogP contribution >= 0.6 is 0 Å². The van der Waals surface area contributed by atoms with E-state index in [2.05, 4.69) is 18.8 Å². The van der Waals surface area contributed by atoms with Gasteiger partial charge in [-0.15, -0.1) is 6.58 Å². The van der Waals surface area contributed by atoms with Crippen molar-refractivity contribution in [3.8, 4) is 0 Å². The van der Waals surface area contributed by atoms with Crippen LogP contribution in [0.4, 0.5) is 0 Å². The van der Waals surface area contributed by atoms with Gasteiger partial charge in [-0.2, -0.15) is 0 Å². The lowest BCUT2D eigenvalue weighted by Gasteiger charge is -2.30. The summed E-state index contributed by atoms with van der Waals surface area (Å²) in [6, 6.07) is 0. The van der Waals surface area contributed by atoms with Crippen LogP contribution in [0.25, 0.3) is 0 Å². The highest BCUT2D eigenvalue weighted by Gasteiger charge is 2.40. The van der Waals surface area contributed by atoms with Crippen molar-refractivity contribution < 1.29 is 9.53 Å². The number of carbonyl (C=O) groups is 1. The molecule has 0 amide bonds. The lowest BCUT2D eigenvalue weighted by molar-refractivity contribution is -0.149. The van der Waals surface area contributed by atoms with E-state index in [1.807, 2.05) is 0 Å². The monoisotopic (exact) mass is 239 g/mol. The van der Waals surface area contributed by atoms with E-state index >= 15 is 0 Å². The van der Waals surface area contributed by atoms with Gasteiger partial charge in [-0.05, 0) is 25.2 Å². The molecule has 0 saturated heterocycles. The first-order valence-corrected chi connectivity index (χ1v) is 6.63. The standard InChI is InChI=1S/C14H25NO2/c1-4-11-15-14(13(16)17-3)9-6-7-12(5-2)8-10-14/h4,12,15H,1,5-11H2,2-3H3. The number of ether oxygens (including phenoxy) is 1. The van der Waals surface area contributed by atoms with Crippen LogP contribution in [0.15, 0.2) is 12.7 Å². The summed E-state index contributed by atoms with van der Waals surface area (Å²) < 4.78 is 4.98. The van der Waals surface area contributed by atoms with Crippen molar-refractivity contribution in [3.05, 3.63) is 12.7 Å². The van der Waals surface area contributed by atoms with Crippen molar-refractivity contribution in [3.63, 3.8) is 0 Å². The van der Waals surface area contributed by atoms with Gasteiger partial charge in [0.05, 0.1) is 7.11 Å². The number of carbonyl (C=O) groups excluding carboxylic acids is 1. The third-order valence-electron chi connectivity index (χ3n) is 3.93. The molecule has 0 aliphatic heterocycles. The minimum atomic E-state index is -0.479. The highest BCUT2D eigenvalue weighted by molar-refractivity contribution is 5.80. The summed E-state index contributed by atoms with van der Waals surface area (Å²) in [6.45, 7) is 6.59. The summed E-state index contributed by atoms with van der Waals surface area (Å²) in [7, 11) is 1.47. The third-order valence-corrected chi connectivity index (χ3v) is 3.93. The number of hydrogen-bond acceptors (Lipinski definition) is 3. The Morgan fingerprint density at radius 3 is 2.88 bits per heavy atom. The summed E-state index contributed by atoms with van der Waals surface area (Å²) in [5.74, 6) is 0.642. The van der Waals surface area contributed by atoms with E-state index in [9.17, 15) is 4.79 Å². The van der Waals surface area contributed by atoms with Gasteiger partial charge in [-0.25, -0.2) is 0 Å². The third kappa shape index (κ3) is 3.56. The highest BCUT2D eigenvalue weighted by Crippen LogP contribution is 2.32. The molecule has 1 aliphatic rings. The van der Waals surface area contributed by atoms with Crippen molar-refractivity contribution in [2.45, 2.75) is 51.0 Å². The molecule has 0 radical (unpaired) electrons. The number of hydrogen-bond donors (Lipinski definition) is 1. The quantitative estimate of drug-likeness (QED) is 0.455. The molecule has 98 valence electrons. The van der Waals surface area contributed by atoms with Crippen LogP contribution in [-0.4, -0.2) is 25.2 Å². The maximum absolute atomic E-state index is 12.0. The minimum Gasteiger partial charge on any atom is -0.468 e. The average molecular weight is 239 g/mol. The molecule has 0 aromatic rings. The molecular weight excluding hydrogens is 214 g/mol. The second-order valence-corrected chi connectivity index (χ2v) is 4.95. The first-order valence-electron chi connectivity index (χ1n) is 6.63. The molecule has 1 N–H and O–H groups in total. The highest BCUT2D eigenvalue weighted by atomic mass is 16.5. The van der Waals surface area contributed by atoms with Crippen LogP contribution in [0, 0.1) is 5.92 Å². The predicted octanol–water partition coefficient (Wildman–Crippen LogP) is 2.66. The Morgan fingerprint density at radius 2 is 2.29 bits per heavy atom. The number of esters is 1. The molecule has 2 atom stereocenters. The fourth-order valence-electron chi connectivity index (χ4n) is 2.74. The summed E-state index contributed by atoms with van der Waals surface area (Å²) >= 11 is 0. The Bertz CT molecular complexity index is 265. The molecule has 2 unspecified atom stereocenters. The molecule has 0 aromatic heterocycles. The van der Waals surface area contributed by atoms with E-state index in [4.69, 9.17) is 4.74 Å². The fourth-order valence-corrected chi connectivity index (χ4v) is 2.74. The van der Waals surface area contributed by atoms with Gasteiger partial charge < -0.3 is 4.74 Å². The van der Waals surface area contributed by atoms with Crippen LogP contribution < -0.4 is 5.32 Å². The van der Waals surface area contributed by atoms with Crippen LogP contribution in [0.2, 0.25) is 0 Å². The minimum absolute atomic E-state index is 0.115. The van der Waals surface area contributed by atoms with Gasteiger partial charge in [0, 0.05) is 6.54 Å². The maximum atomic E-state index is 12.0. The molecule has 17 heavy (non-hydrogen) atoms. The Kier molecular flexibility index (Phi) is 5.69. The number of rotatable bonds is 5. The van der Waals surface area contributed by atoms with E-state index in [1.165, 1.54) is 20.0 Å². The molecule has 3 nitrogen and oxygen atoms in total. The van der Waals surface area contributed by atoms with Gasteiger partial charge in [-0.3, -0.25) is 10.1 Å². The number of methoxy groups -OCH3 is 1. The van der Waals surface area contributed by atoms with Gasteiger partial charge in [-0.1, -0.05) is 32.3 Å². The smallest absolute Gasteiger partial charge is 0.326 e. The molecular formula is C14H25NO2.